The fraction of sp³-hybridized carbons (Fsp3) is 0.875. The van der Waals surface area contributed by atoms with Crippen molar-refractivity contribution in [2.75, 3.05) is 19.7 Å². The molecule has 2 aliphatic rings. The Labute approximate surface area is 132 Å². The first-order valence-corrected chi connectivity index (χ1v) is 8.11. The zero-order chi connectivity index (χ0) is 16.5. The van der Waals surface area contributed by atoms with Crippen LogP contribution in [0, 0.1) is 0 Å². The maximum Gasteiger partial charge on any atom is 0.410 e. The zero-order valence-corrected chi connectivity index (χ0v) is 14.3. The van der Waals surface area contributed by atoms with Gasteiger partial charge in [0, 0.05) is 31.8 Å². The molecule has 2 saturated heterocycles. The number of rotatable bonds is 1. The summed E-state index contributed by atoms with van der Waals surface area (Å²) in [5, 5.41) is 0. The van der Waals surface area contributed by atoms with E-state index >= 15 is 0 Å². The number of ether oxygens (including phenoxy) is 2. The third kappa shape index (κ3) is 3.91. The van der Waals surface area contributed by atoms with E-state index in [2.05, 4.69) is 0 Å². The number of nitrogens with zero attached hydrogens (tertiary/aromatic N) is 2. The van der Waals surface area contributed by atoms with Gasteiger partial charge in [0.15, 0.2) is 0 Å². The van der Waals surface area contributed by atoms with E-state index in [9.17, 15) is 9.59 Å². The Morgan fingerprint density at radius 2 is 1.73 bits per heavy atom. The predicted molar refractivity (Wildman–Crippen MR) is 82.6 cm³/mol. The molecule has 0 aromatic heterocycles. The quantitative estimate of drug-likeness (QED) is 0.743. The van der Waals surface area contributed by atoms with E-state index in [0.29, 0.717) is 19.7 Å². The third-order valence-corrected chi connectivity index (χ3v) is 4.03. The second-order valence-electron chi connectivity index (χ2n) is 7.33. The largest absolute Gasteiger partial charge is 0.444 e. The Morgan fingerprint density at radius 1 is 1.14 bits per heavy atom. The van der Waals surface area contributed by atoms with Crippen molar-refractivity contribution < 1.29 is 19.1 Å². The second kappa shape index (κ2) is 6.44. The molecule has 0 spiro atoms. The highest BCUT2D eigenvalue weighted by atomic mass is 16.6. The Balaban J connectivity index is 1.99. The fourth-order valence-corrected chi connectivity index (χ4v) is 3.17. The Hall–Kier alpha value is -1.30. The molecular weight excluding hydrogens is 284 g/mol. The topological polar surface area (TPSA) is 59.1 Å². The van der Waals surface area contributed by atoms with Crippen LogP contribution in [0.15, 0.2) is 0 Å². The normalized spacial score (nSPS) is 29.6. The average molecular weight is 312 g/mol. The molecule has 2 rings (SSSR count). The van der Waals surface area contributed by atoms with Crippen LogP contribution in [0.25, 0.3) is 0 Å². The van der Waals surface area contributed by atoms with Gasteiger partial charge in [0.05, 0.1) is 0 Å². The van der Waals surface area contributed by atoms with Gasteiger partial charge in [-0.05, 0) is 47.5 Å². The lowest BCUT2D eigenvalue weighted by molar-refractivity contribution is -0.148. The van der Waals surface area contributed by atoms with Crippen molar-refractivity contribution in [3.05, 3.63) is 0 Å². The van der Waals surface area contributed by atoms with E-state index in [4.69, 9.17) is 9.47 Å². The SMILES string of the molecule is CC1CN(C(=O)OC(C)(C)C)CC(C)N1C(=O)C1CCCO1. The molecular formula is C16H28N2O4. The molecule has 0 N–H and O–H groups in total. The standard InChI is InChI=1S/C16H28N2O4/c1-11-9-17(15(20)22-16(3,4)5)10-12(2)18(11)14(19)13-7-6-8-21-13/h11-13H,6-10H2,1-5H3. The number of hydrogen-bond acceptors (Lipinski definition) is 4. The van der Waals surface area contributed by atoms with Crippen LogP contribution in [-0.4, -0.2) is 65.3 Å². The van der Waals surface area contributed by atoms with Crippen molar-refractivity contribution in [1.29, 1.82) is 0 Å². The van der Waals surface area contributed by atoms with Crippen LogP contribution >= 0.6 is 0 Å². The predicted octanol–water partition coefficient (Wildman–Crippen LogP) is 2.02. The molecule has 2 fully saturated rings. The first-order chi connectivity index (χ1) is 10.2. The molecule has 0 radical (unpaired) electrons. The molecule has 126 valence electrons. The van der Waals surface area contributed by atoms with E-state index in [1.807, 2.05) is 39.5 Å². The summed E-state index contributed by atoms with van der Waals surface area (Å²) in [7, 11) is 0. The summed E-state index contributed by atoms with van der Waals surface area (Å²) < 4.78 is 10.9. The van der Waals surface area contributed by atoms with Crippen molar-refractivity contribution >= 4 is 12.0 Å². The zero-order valence-electron chi connectivity index (χ0n) is 14.3. The lowest BCUT2D eigenvalue weighted by atomic mass is 10.1. The minimum absolute atomic E-state index is 0.0343. The molecule has 3 atom stereocenters. The monoisotopic (exact) mass is 312 g/mol. The molecule has 0 aliphatic carbocycles. The van der Waals surface area contributed by atoms with E-state index < -0.39 is 5.60 Å². The number of hydrogen-bond donors (Lipinski definition) is 0. The van der Waals surface area contributed by atoms with E-state index in [-0.39, 0.29) is 30.2 Å². The summed E-state index contributed by atoms with van der Waals surface area (Å²) in [5.74, 6) is 0.0568. The molecule has 0 saturated carbocycles. The summed E-state index contributed by atoms with van der Waals surface area (Å²) in [4.78, 5) is 28.4. The Bertz CT molecular complexity index is 414. The second-order valence-corrected chi connectivity index (χ2v) is 7.33. The highest BCUT2D eigenvalue weighted by Crippen LogP contribution is 2.23. The van der Waals surface area contributed by atoms with Crippen LogP contribution in [0.5, 0.6) is 0 Å². The summed E-state index contributed by atoms with van der Waals surface area (Å²) in [6, 6.07) is -0.0686. The van der Waals surface area contributed by atoms with Crippen LogP contribution in [-0.2, 0) is 14.3 Å². The molecule has 2 heterocycles. The van der Waals surface area contributed by atoms with Gasteiger partial charge in [-0.15, -0.1) is 0 Å². The first-order valence-electron chi connectivity index (χ1n) is 8.11. The minimum Gasteiger partial charge on any atom is -0.444 e. The lowest BCUT2D eigenvalue weighted by Crippen LogP contribution is -2.61. The van der Waals surface area contributed by atoms with E-state index in [1.165, 1.54) is 0 Å². The first kappa shape index (κ1) is 17.1. The molecule has 0 bridgehead atoms. The highest BCUT2D eigenvalue weighted by Gasteiger charge is 2.39. The number of carbonyl (C=O) groups excluding carboxylic acids is 2. The van der Waals surface area contributed by atoms with Crippen LogP contribution in [0.4, 0.5) is 4.79 Å². The van der Waals surface area contributed by atoms with Gasteiger partial charge in [0.25, 0.3) is 5.91 Å². The molecule has 2 aliphatic heterocycles. The van der Waals surface area contributed by atoms with Crippen molar-refractivity contribution in [3.8, 4) is 0 Å². The fourth-order valence-electron chi connectivity index (χ4n) is 3.17. The van der Waals surface area contributed by atoms with Crippen LogP contribution in [0.2, 0.25) is 0 Å². The molecule has 0 aromatic carbocycles. The van der Waals surface area contributed by atoms with Crippen molar-refractivity contribution in [2.45, 2.75) is 71.2 Å². The molecule has 6 heteroatoms. The maximum atomic E-state index is 12.6. The molecule has 0 aromatic rings. The van der Waals surface area contributed by atoms with Crippen molar-refractivity contribution in [3.63, 3.8) is 0 Å². The molecule has 3 unspecified atom stereocenters. The Morgan fingerprint density at radius 3 is 2.18 bits per heavy atom. The number of carbonyl (C=O) groups is 2. The summed E-state index contributed by atoms with van der Waals surface area (Å²) >= 11 is 0. The van der Waals surface area contributed by atoms with Crippen molar-refractivity contribution in [2.24, 2.45) is 0 Å². The number of piperazine rings is 1. The molecule has 6 nitrogen and oxygen atoms in total. The van der Waals surface area contributed by atoms with Gasteiger partial charge in [0.1, 0.15) is 11.7 Å². The average Bonchev–Trinajstić information content (AvgIpc) is 2.89. The van der Waals surface area contributed by atoms with Crippen LogP contribution < -0.4 is 0 Å². The number of amides is 2. The van der Waals surface area contributed by atoms with Crippen LogP contribution in [0.3, 0.4) is 0 Å². The molecule has 22 heavy (non-hydrogen) atoms. The summed E-state index contributed by atoms with van der Waals surface area (Å²) in [5.41, 5.74) is -0.506. The van der Waals surface area contributed by atoms with Gasteiger partial charge < -0.3 is 19.3 Å². The van der Waals surface area contributed by atoms with E-state index in [0.717, 1.165) is 12.8 Å². The smallest absolute Gasteiger partial charge is 0.410 e. The summed E-state index contributed by atoms with van der Waals surface area (Å²) in [6.45, 7) is 11.2. The maximum absolute atomic E-state index is 12.6. The van der Waals surface area contributed by atoms with E-state index in [1.54, 1.807) is 4.90 Å². The Kier molecular flexibility index (Phi) is 5.00. The lowest BCUT2D eigenvalue weighted by Gasteiger charge is -2.45. The molecule has 2 amide bonds. The highest BCUT2D eigenvalue weighted by molar-refractivity contribution is 5.82. The minimum atomic E-state index is -0.506. The van der Waals surface area contributed by atoms with Gasteiger partial charge in [0.2, 0.25) is 0 Å². The van der Waals surface area contributed by atoms with Gasteiger partial charge >= 0.3 is 6.09 Å². The van der Waals surface area contributed by atoms with Crippen molar-refractivity contribution in [1.82, 2.24) is 9.80 Å². The third-order valence-electron chi connectivity index (χ3n) is 4.03. The van der Waals surface area contributed by atoms with Crippen LogP contribution in [0.1, 0.15) is 47.5 Å². The van der Waals surface area contributed by atoms with Gasteiger partial charge in [-0.1, -0.05) is 0 Å². The van der Waals surface area contributed by atoms with Gasteiger partial charge in [-0.2, -0.15) is 0 Å². The van der Waals surface area contributed by atoms with Gasteiger partial charge in [-0.3, -0.25) is 4.79 Å². The van der Waals surface area contributed by atoms with Gasteiger partial charge in [-0.25, -0.2) is 4.79 Å². The summed E-state index contributed by atoms with van der Waals surface area (Å²) in [6.07, 6.45) is 1.12.